The number of carboxylic acids is 1. The molecule has 1 aromatic carbocycles. The van der Waals surface area contributed by atoms with Crippen LogP contribution in [0.25, 0.3) is 6.08 Å². The lowest BCUT2D eigenvalue weighted by Crippen LogP contribution is -2.19. The van der Waals surface area contributed by atoms with Crippen molar-refractivity contribution in [2.75, 3.05) is 6.54 Å². The van der Waals surface area contributed by atoms with Gasteiger partial charge < -0.3 is 10.4 Å². The van der Waals surface area contributed by atoms with Crippen molar-refractivity contribution < 1.29 is 19.6 Å². The predicted octanol–water partition coefficient (Wildman–Crippen LogP) is 1.44. The Morgan fingerprint density at radius 1 is 1.47 bits per heavy atom. The van der Waals surface area contributed by atoms with Crippen LogP contribution in [0.3, 0.4) is 0 Å². The number of carboxylic acid groups (broad SMARTS) is 1. The number of hydrogen-bond acceptors (Lipinski definition) is 4. The third-order valence-electron chi connectivity index (χ3n) is 2.24. The number of benzene rings is 1. The van der Waals surface area contributed by atoms with Crippen molar-refractivity contribution in [1.29, 1.82) is 0 Å². The van der Waals surface area contributed by atoms with Crippen LogP contribution >= 0.6 is 0 Å². The van der Waals surface area contributed by atoms with E-state index in [1.54, 1.807) is 6.08 Å². The Morgan fingerprint density at radius 2 is 2.16 bits per heavy atom. The number of rotatable bonds is 5. The molecule has 0 bridgehead atoms. The topological polar surface area (TPSA) is 110 Å². The summed E-state index contributed by atoms with van der Waals surface area (Å²) in [5.41, 5.74) is -0.162. The van der Waals surface area contributed by atoms with Gasteiger partial charge >= 0.3 is 5.97 Å². The van der Waals surface area contributed by atoms with Crippen LogP contribution in [0.1, 0.15) is 22.8 Å². The molecule has 0 aliphatic heterocycles. The minimum Gasteiger partial charge on any atom is -0.478 e. The van der Waals surface area contributed by atoms with Gasteiger partial charge in [0, 0.05) is 19.5 Å². The lowest BCUT2D eigenvalue weighted by Gasteiger charge is -2.00. The predicted molar refractivity (Wildman–Crippen MR) is 67.8 cm³/mol. The molecule has 0 saturated carbocycles. The zero-order valence-corrected chi connectivity index (χ0v) is 10.1. The fourth-order valence-electron chi connectivity index (χ4n) is 1.36. The molecule has 1 aromatic rings. The van der Waals surface area contributed by atoms with E-state index in [0.717, 1.165) is 6.07 Å². The van der Waals surface area contributed by atoms with E-state index in [9.17, 15) is 19.7 Å². The summed E-state index contributed by atoms with van der Waals surface area (Å²) in [6, 6.07) is 3.64. The van der Waals surface area contributed by atoms with Gasteiger partial charge in [0.05, 0.1) is 16.1 Å². The van der Waals surface area contributed by atoms with Gasteiger partial charge in [0.15, 0.2) is 0 Å². The van der Waals surface area contributed by atoms with Gasteiger partial charge in [0.25, 0.3) is 5.69 Å². The van der Waals surface area contributed by atoms with Crippen molar-refractivity contribution in [2.24, 2.45) is 0 Å². The first-order valence-corrected chi connectivity index (χ1v) is 5.34. The second kappa shape index (κ2) is 6.29. The van der Waals surface area contributed by atoms with Crippen LogP contribution in [0.2, 0.25) is 0 Å². The standard InChI is InChI=1S/C12H12N2O5/c1-8(15)13-6-2-3-9-4-5-10(12(16)17)7-11(9)14(18)19/h2-5,7H,6H2,1H3,(H,13,15)(H,16,17). The maximum Gasteiger partial charge on any atom is 0.335 e. The van der Waals surface area contributed by atoms with Crippen molar-refractivity contribution in [2.45, 2.75) is 6.92 Å². The van der Waals surface area contributed by atoms with Gasteiger partial charge in [-0.05, 0) is 12.1 Å². The number of carbonyl (C=O) groups excluding carboxylic acids is 1. The molecule has 1 rings (SSSR count). The van der Waals surface area contributed by atoms with E-state index in [1.807, 2.05) is 0 Å². The summed E-state index contributed by atoms with van der Waals surface area (Å²) in [6.07, 6.45) is 3.00. The number of nitro groups is 1. The normalized spacial score (nSPS) is 10.4. The van der Waals surface area contributed by atoms with Crippen molar-refractivity contribution in [3.63, 3.8) is 0 Å². The zero-order chi connectivity index (χ0) is 14.4. The molecule has 0 spiro atoms. The fraction of sp³-hybridized carbons (Fsp3) is 0.167. The smallest absolute Gasteiger partial charge is 0.335 e. The van der Waals surface area contributed by atoms with E-state index in [2.05, 4.69) is 5.32 Å². The van der Waals surface area contributed by atoms with E-state index >= 15 is 0 Å². The summed E-state index contributed by atoms with van der Waals surface area (Å²) in [5.74, 6) is -1.43. The van der Waals surface area contributed by atoms with Crippen molar-refractivity contribution in [3.05, 3.63) is 45.5 Å². The van der Waals surface area contributed by atoms with Crippen molar-refractivity contribution in [1.82, 2.24) is 5.32 Å². The van der Waals surface area contributed by atoms with Crippen LogP contribution in [0.4, 0.5) is 5.69 Å². The van der Waals surface area contributed by atoms with Crippen LogP contribution in [-0.4, -0.2) is 28.5 Å². The minimum absolute atomic E-state index is 0.147. The third-order valence-corrected chi connectivity index (χ3v) is 2.24. The number of nitrogens with zero attached hydrogens (tertiary/aromatic N) is 1. The highest BCUT2D eigenvalue weighted by Gasteiger charge is 2.15. The summed E-state index contributed by atoms with van der Waals surface area (Å²) in [6.45, 7) is 1.60. The Hall–Kier alpha value is -2.70. The van der Waals surface area contributed by atoms with Gasteiger partial charge in [-0.25, -0.2) is 4.79 Å². The molecule has 0 radical (unpaired) electrons. The molecule has 7 nitrogen and oxygen atoms in total. The summed E-state index contributed by atoms with van der Waals surface area (Å²) >= 11 is 0. The first-order valence-electron chi connectivity index (χ1n) is 5.34. The number of carbonyl (C=O) groups is 2. The summed E-state index contributed by atoms with van der Waals surface area (Å²) in [5, 5.41) is 22.1. The number of amides is 1. The Kier molecular flexibility index (Phi) is 4.76. The number of nitrogens with one attached hydrogen (secondary N) is 1. The van der Waals surface area contributed by atoms with E-state index in [1.165, 1.54) is 25.1 Å². The summed E-state index contributed by atoms with van der Waals surface area (Å²) in [7, 11) is 0. The third kappa shape index (κ3) is 4.23. The Balaban J connectivity index is 2.97. The molecule has 0 saturated heterocycles. The molecule has 0 atom stereocenters. The van der Waals surface area contributed by atoms with Gasteiger partial charge in [-0.2, -0.15) is 0 Å². The van der Waals surface area contributed by atoms with Crippen molar-refractivity contribution in [3.8, 4) is 0 Å². The van der Waals surface area contributed by atoms with E-state index in [0.29, 0.717) is 0 Å². The van der Waals surface area contributed by atoms with Crippen LogP contribution < -0.4 is 5.32 Å². The van der Waals surface area contributed by atoms with Gasteiger partial charge in [0.1, 0.15) is 0 Å². The molecule has 1 amide bonds. The first-order chi connectivity index (χ1) is 8.91. The number of hydrogen-bond donors (Lipinski definition) is 2. The molecule has 0 aliphatic rings. The molecular weight excluding hydrogens is 252 g/mol. The number of nitro benzene ring substituents is 1. The zero-order valence-electron chi connectivity index (χ0n) is 10.1. The largest absolute Gasteiger partial charge is 0.478 e. The second-order valence-electron chi connectivity index (χ2n) is 3.68. The maximum absolute atomic E-state index is 10.8. The SMILES string of the molecule is CC(=O)NCC=Cc1ccc(C(=O)O)cc1[N+](=O)[O-]. The molecular formula is C12H12N2O5. The second-order valence-corrected chi connectivity index (χ2v) is 3.68. The van der Waals surface area contributed by atoms with Gasteiger partial charge in [-0.15, -0.1) is 0 Å². The highest BCUT2D eigenvalue weighted by Crippen LogP contribution is 2.21. The van der Waals surface area contributed by atoms with Gasteiger partial charge in [-0.3, -0.25) is 14.9 Å². The van der Waals surface area contributed by atoms with Crippen LogP contribution in [0.5, 0.6) is 0 Å². The number of aromatic carboxylic acids is 1. The molecule has 2 N–H and O–H groups in total. The van der Waals surface area contributed by atoms with Gasteiger partial charge in [-0.1, -0.05) is 12.2 Å². The molecule has 0 aliphatic carbocycles. The highest BCUT2D eigenvalue weighted by molar-refractivity contribution is 5.89. The lowest BCUT2D eigenvalue weighted by atomic mass is 10.1. The first kappa shape index (κ1) is 14.4. The van der Waals surface area contributed by atoms with Crippen molar-refractivity contribution >= 4 is 23.6 Å². The quantitative estimate of drug-likeness (QED) is 0.617. The molecule has 100 valence electrons. The average Bonchev–Trinajstić information content (AvgIpc) is 2.34. The summed E-state index contributed by atoms with van der Waals surface area (Å²) < 4.78 is 0. The maximum atomic E-state index is 10.8. The monoisotopic (exact) mass is 264 g/mol. The fourth-order valence-corrected chi connectivity index (χ4v) is 1.36. The summed E-state index contributed by atoms with van der Waals surface area (Å²) in [4.78, 5) is 31.6. The van der Waals surface area contributed by atoms with Gasteiger partial charge in [0.2, 0.25) is 5.91 Å². The molecule has 0 unspecified atom stereocenters. The van der Waals surface area contributed by atoms with Crippen LogP contribution in [0, 0.1) is 10.1 Å². The molecule has 0 fully saturated rings. The van der Waals surface area contributed by atoms with E-state index in [-0.39, 0.29) is 29.3 Å². The molecule has 0 aromatic heterocycles. The van der Waals surface area contributed by atoms with Crippen LogP contribution in [-0.2, 0) is 4.79 Å². The van der Waals surface area contributed by atoms with Crippen LogP contribution in [0.15, 0.2) is 24.3 Å². The lowest BCUT2D eigenvalue weighted by molar-refractivity contribution is -0.385. The Bertz CT molecular complexity index is 551. The molecule has 19 heavy (non-hydrogen) atoms. The molecule has 7 heteroatoms. The van der Waals surface area contributed by atoms with E-state index < -0.39 is 10.9 Å². The Morgan fingerprint density at radius 3 is 2.68 bits per heavy atom. The minimum atomic E-state index is -1.23. The highest BCUT2D eigenvalue weighted by atomic mass is 16.6. The Labute approximate surface area is 108 Å². The van der Waals surface area contributed by atoms with E-state index in [4.69, 9.17) is 5.11 Å². The molecule has 0 heterocycles. The average molecular weight is 264 g/mol.